The van der Waals surface area contributed by atoms with Crippen LogP contribution in [0.3, 0.4) is 0 Å². The molecule has 22 heavy (non-hydrogen) atoms. The van der Waals surface area contributed by atoms with Crippen molar-refractivity contribution >= 4 is 11.8 Å². The van der Waals surface area contributed by atoms with E-state index in [0.717, 1.165) is 31.8 Å². The van der Waals surface area contributed by atoms with Crippen molar-refractivity contribution in [2.24, 2.45) is 0 Å². The lowest BCUT2D eigenvalue weighted by Crippen LogP contribution is -2.50. The lowest BCUT2D eigenvalue weighted by Gasteiger charge is -2.21. The normalized spacial score (nSPS) is 26.1. The molecule has 1 unspecified atom stereocenters. The van der Waals surface area contributed by atoms with Crippen molar-refractivity contribution < 1.29 is 23.5 Å². The van der Waals surface area contributed by atoms with Crippen LogP contribution in [0.2, 0.25) is 0 Å². The molecule has 0 saturated heterocycles. The molecule has 0 aromatic carbocycles. The van der Waals surface area contributed by atoms with Crippen LogP contribution >= 0.6 is 0 Å². The quantitative estimate of drug-likeness (QED) is 0.668. The van der Waals surface area contributed by atoms with Gasteiger partial charge in [0.15, 0.2) is 0 Å². The van der Waals surface area contributed by atoms with E-state index in [9.17, 15) is 18.4 Å². The maximum absolute atomic E-state index is 13.3. The van der Waals surface area contributed by atoms with Crippen molar-refractivity contribution in [2.45, 2.75) is 69.6 Å². The number of halogens is 2. The lowest BCUT2D eigenvalue weighted by molar-refractivity contribution is -0.161. The molecule has 0 bridgehead atoms. The predicted molar refractivity (Wildman–Crippen MR) is 76.3 cm³/mol. The summed E-state index contributed by atoms with van der Waals surface area (Å²) in [5.74, 6) is -5.41. The number of rotatable bonds is 5. The summed E-state index contributed by atoms with van der Waals surface area (Å²) >= 11 is 0. The van der Waals surface area contributed by atoms with E-state index in [2.05, 4.69) is 10.6 Å². The summed E-state index contributed by atoms with van der Waals surface area (Å²) < 4.78 is 26.7. The van der Waals surface area contributed by atoms with Crippen LogP contribution in [-0.4, -0.2) is 41.0 Å². The number of allylic oxidation sites excluding steroid dienone is 1. The number of nitrogens with one attached hydrogen (secondary N) is 2. The summed E-state index contributed by atoms with van der Waals surface area (Å²) in [5, 5.41) is 14.0. The average Bonchev–Trinajstić information content (AvgIpc) is 2.80. The van der Waals surface area contributed by atoms with Crippen molar-refractivity contribution in [3.8, 4) is 0 Å². The zero-order valence-electron chi connectivity index (χ0n) is 12.6. The SMILES string of the molecule is CC(O)C(F)(F)C(=O)N[C@@H]1CC[C@H](NC(=O)C=C2CCC2)C1. The van der Waals surface area contributed by atoms with Crippen LogP contribution in [0.1, 0.15) is 45.4 Å². The molecular formula is C15H22F2N2O3. The smallest absolute Gasteiger partial charge is 0.349 e. The van der Waals surface area contributed by atoms with Gasteiger partial charge in [0, 0.05) is 18.2 Å². The Labute approximate surface area is 128 Å². The monoisotopic (exact) mass is 316 g/mol. The van der Waals surface area contributed by atoms with E-state index in [0.29, 0.717) is 19.3 Å². The first-order chi connectivity index (χ1) is 10.3. The van der Waals surface area contributed by atoms with E-state index in [-0.39, 0.29) is 11.9 Å². The van der Waals surface area contributed by atoms with Crippen molar-refractivity contribution in [1.82, 2.24) is 10.6 Å². The van der Waals surface area contributed by atoms with E-state index >= 15 is 0 Å². The summed E-state index contributed by atoms with van der Waals surface area (Å²) in [6.07, 6.45) is 4.22. The van der Waals surface area contributed by atoms with Gasteiger partial charge in [0.2, 0.25) is 5.91 Å². The Kier molecular flexibility index (Phi) is 5.16. The number of aliphatic hydroxyl groups is 1. The standard InChI is InChI=1S/C15H22F2N2O3/c1-9(20)15(16,17)14(22)19-12-6-5-11(8-12)18-13(21)7-10-3-2-4-10/h7,9,11-12,20H,2-6,8H2,1H3,(H,18,21)(H,19,22)/t9?,11-,12+/m0/s1. The molecule has 0 heterocycles. The van der Waals surface area contributed by atoms with Crippen LogP contribution < -0.4 is 10.6 Å². The fourth-order valence-corrected chi connectivity index (χ4v) is 2.67. The molecule has 0 radical (unpaired) electrons. The van der Waals surface area contributed by atoms with E-state index in [1.54, 1.807) is 6.08 Å². The fraction of sp³-hybridized carbons (Fsp3) is 0.733. The van der Waals surface area contributed by atoms with E-state index in [1.165, 1.54) is 0 Å². The molecule has 2 saturated carbocycles. The highest BCUT2D eigenvalue weighted by atomic mass is 19.3. The number of carbonyl (C=O) groups is 2. The van der Waals surface area contributed by atoms with Crippen molar-refractivity contribution in [1.29, 1.82) is 0 Å². The van der Waals surface area contributed by atoms with Gasteiger partial charge in [0.1, 0.15) is 6.10 Å². The summed E-state index contributed by atoms with van der Waals surface area (Å²) in [7, 11) is 0. The summed E-state index contributed by atoms with van der Waals surface area (Å²) in [4.78, 5) is 23.2. The Bertz CT molecular complexity index is 471. The number of amides is 2. The predicted octanol–water partition coefficient (Wildman–Crippen LogP) is 1.27. The van der Waals surface area contributed by atoms with Crippen LogP contribution in [-0.2, 0) is 9.59 Å². The molecule has 7 heteroatoms. The molecule has 2 fully saturated rings. The van der Waals surface area contributed by atoms with E-state index < -0.39 is 24.0 Å². The third kappa shape index (κ3) is 4.03. The van der Waals surface area contributed by atoms with Crippen LogP contribution in [0.4, 0.5) is 8.78 Å². The van der Waals surface area contributed by atoms with E-state index in [4.69, 9.17) is 5.11 Å². The molecule has 3 N–H and O–H groups in total. The largest absolute Gasteiger partial charge is 0.387 e. The second kappa shape index (κ2) is 6.73. The van der Waals surface area contributed by atoms with Gasteiger partial charge >= 0.3 is 5.92 Å². The molecule has 0 aromatic heterocycles. The van der Waals surface area contributed by atoms with Crippen molar-refractivity contribution in [3.63, 3.8) is 0 Å². The number of aliphatic hydroxyl groups excluding tert-OH is 1. The lowest BCUT2D eigenvalue weighted by atomic mass is 9.92. The van der Waals surface area contributed by atoms with E-state index in [1.807, 2.05) is 0 Å². The Morgan fingerprint density at radius 3 is 2.36 bits per heavy atom. The highest BCUT2D eigenvalue weighted by Crippen LogP contribution is 2.26. The highest BCUT2D eigenvalue weighted by molar-refractivity contribution is 5.88. The Morgan fingerprint density at radius 2 is 1.86 bits per heavy atom. The molecule has 3 atom stereocenters. The molecule has 2 aliphatic rings. The average molecular weight is 316 g/mol. The number of alkyl halides is 2. The van der Waals surface area contributed by atoms with Gasteiger partial charge in [0.05, 0.1) is 0 Å². The van der Waals surface area contributed by atoms with Crippen LogP contribution in [0, 0.1) is 0 Å². The minimum Gasteiger partial charge on any atom is -0.387 e. The van der Waals surface area contributed by atoms with Gasteiger partial charge in [0.25, 0.3) is 5.91 Å². The first kappa shape index (κ1) is 16.9. The van der Waals surface area contributed by atoms with Gasteiger partial charge in [-0.25, -0.2) is 0 Å². The zero-order chi connectivity index (χ0) is 16.3. The molecule has 124 valence electrons. The molecule has 2 rings (SSSR count). The van der Waals surface area contributed by atoms with Gasteiger partial charge in [-0.1, -0.05) is 5.57 Å². The molecule has 2 amide bonds. The Balaban J connectivity index is 1.78. The molecule has 0 aliphatic heterocycles. The maximum atomic E-state index is 13.3. The van der Waals surface area contributed by atoms with Crippen molar-refractivity contribution in [3.05, 3.63) is 11.6 Å². The van der Waals surface area contributed by atoms with Crippen molar-refractivity contribution in [2.75, 3.05) is 0 Å². The Morgan fingerprint density at radius 1 is 1.27 bits per heavy atom. The first-order valence-corrected chi connectivity index (χ1v) is 7.66. The maximum Gasteiger partial charge on any atom is 0.349 e. The molecule has 5 nitrogen and oxygen atoms in total. The highest BCUT2D eigenvalue weighted by Gasteiger charge is 2.45. The van der Waals surface area contributed by atoms with Crippen LogP contribution in [0.15, 0.2) is 11.6 Å². The second-order valence-corrected chi connectivity index (χ2v) is 6.14. The van der Waals surface area contributed by atoms with Gasteiger partial charge in [-0.2, -0.15) is 8.78 Å². The first-order valence-electron chi connectivity index (χ1n) is 7.66. The van der Waals surface area contributed by atoms with Gasteiger partial charge in [-0.05, 0) is 45.4 Å². The third-order valence-electron chi connectivity index (χ3n) is 4.27. The molecule has 0 spiro atoms. The minimum atomic E-state index is -3.80. The zero-order valence-corrected chi connectivity index (χ0v) is 12.6. The molecule has 2 aliphatic carbocycles. The summed E-state index contributed by atoms with van der Waals surface area (Å²) in [6.45, 7) is 0.880. The Hall–Kier alpha value is -1.50. The summed E-state index contributed by atoms with van der Waals surface area (Å²) in [5.41, 5.74) is 1.14. The van der Waals surface area contributed by atoms with Crippen LogP contribution in [0.25, 0.3) is 0 Å². The van der Waals surface area contributed by atoms with Gasteiger partial charge < -0.3 is 15.7 Å². The topological polar surface area (TPSA) is 78.4 Å². The minimum absolute atomic E-state index is 0.116. The molecular weight excluding hydrogens is 294 g/mol. The van der Waals surface area contributed by atoms with Gasteiger partial charge in [-0.15, -0.1) is 0 Å². The second-order valence-electron chi connectivity index (χ2n) is 6.14. The third-order valence-corrected chi connectivity index (χ3v) is 4.27. The number of carbonyl (C=O) groups excluding carboxylic acids is 2. The number of hydrogen-bond donors (Lipinski definition) is 3. The van der Waals surface area contributed by atoms with Crippen LogP contribution in [0.5, 0.6) is 0 Å². The van der Waals surface area contributed by atoms with Gasteiger partial charge in [-0.3, -0.25) is 9.59 Å². The molecule has 0 aromatic rings. The number of hydrogen-bond acceptors (Lipinski definition) is 3. The fourth-order valence-electron chi connectivity index (χ4n) is 2.67. The summed E-state index contributed by atoms with van der Waals surface area (Å²) in [6, 6.07) is -0.520.